The fraction of sp³-hybridized carbons (Fsp3) is 0.200. The molecule has 0 spiro atoms. The second kappa shape index (κ2) is 7.53. The van der Waals surface area contributed by atoms with Gasteiger partial charge in [0, 0.05) is 10.6 Å². The number of amides is 1. The molecule has 0 saturated heterocycles. The summed E-state index contributed by atoms with van der Waals surface area (Å²) in [5, 5.41) is 7.77. The fourth-order valence-corrected chi connectivity index (χ4v) is 4.71. The molecule has 4 rings (SSSR count). The number of aromatic nitrogens is 2. The molecule has 1 N–H and O–H groups in total. The summed E-state index contributed by atoms with van der Waals surface area (Å²) in [5.74, 6) is 0.159. The van der Waals surface area contributed by atoms with Crippen LogP contribution in [-0.2, 0) is 26.1 Å². The fourth-order valence-electron chi connectivity index (χ4n) is 3.09. The maximum atomic E-state index is 12.5. The Kier molecular flexibility index (Phi) is 5.06. The molecule has 1 aromatic heterocycles. The van der Waals surface area contributed by atoms with Crippen LogP contribution in [0, 0.1) is 6.92 Å². The van der Waals surface area contributed by atoms with Crippen LogP contribution in [-0.4, -0.2) is 30.7 Å². The molecule has 1 amide bonds. The Morgan fingerprint density at radius 1 is 1.14 bits per heavy atom. The van der Waals surface area contributed by atoms with Gasteiger partial charge in [0.15, 0.2) is 16.4 Å². The number of carbonyl (C=O) groups excluding carboxylic acids is 1. The van der Waals surface area contributed by atoms with E-state index in [1.807, 2.05) is 31.2 Å². The van der Waals surface area contributed by atoms with Gasteiger partial charge in [-0.05, 0) is 43.3 Å². The highest BCUT2D eigenvalue weighted by atomic mass is 35.5. The minimum absolute atomic E-state index is 0.134. The van der Waals surface area contributed by atoms with Gasteiger partial charge in [-0.15, -0.1) is 0 Å². The SMILES string of the molecule is Cc1ccc(-n2nc3c(c2NC(=O)COc2ccc(Cl)cc2)CS(=O)(=O)C3)cc1. The Morgan fingerprint density at radius 3 is 2.52 bits per heavy atom. The number of halogens is 1. The first-order valence-corrected chi connectivity index (χ1v) is 11.1. The molecule has 150 valence electrons. The number of nitrogens with zero attached hydrogens (tertiary/aromatic N) is 2. The van der Waals surface area contributed by atoms with E-state index in [9.17, 15) is 13.2 Å². The van der Waals surface area contributed by atoms with Crippen LogP contribution in [0.15, 0.2) is 48.5 Å². The number of aryl methyl sites for hydroxylation is 1. The first-order valence-electron chi connectivity index (χ1n) is 8.87. The van der Waals surface area contributed by atoms with Gasteiger partial charge in [0.25, 0.3) is 5.91 Å². The minimum atomic E-state index is -3.26. The van der Waals surface area contributed by atoms with Crippen molar-refractivity contribution in [2.75, 3.05) is 11.9 Å². The Hall–Kier alpha value is -2.84. The third kappa shape index (κ3) is 4.28. The molecule has 1 aliphatic heterocycles. The standard InChI is InChI=1S/C20H18ClN3O4S/c1-13-2-6-15(7-3-13)24-20(17-11-29(26,27)12-18(17)23-24)22-19(25)10-28-16-8-4-14(21)5-9-16/h2-9H,10-12H2,1H3,(H,22,25). The Bertz CT molecular complexity index is 1170. The van der Waals surface area contributed by atoms with Crippen LogP contribution in [0.4, 0.5) is 5.82 Å². The van der Waals surface area contributed by atoms with Crippen LogP contribution in [0.3, 0.4) is 0 Å². The van der Waals surface area contributed by atoms with E-state index in [1.165, 1.54) is 0 Å². The molecule has 0 saturated carbocycles. The maximum Gasteiger partial charge on any atom is 0.263 e. The number of carbonyl (C=O) groups is 1. The van der Waals surface area contributed by atoms with Crippen LogP contribution < -0.4 is 10.1 Å². The first-order chi connectivity index (χ1) is 13.8. The number of fused-ring (bicyclic) bond motifs is 1. The van der Waals surface area contributed by atoms with Crippen LogP contribution in [0.25, 0.3) is 5.69 Å². The second-order valence-corrected chi connectivity index (χ2v) is 9.35. The number of nitrogens with one attached hydrogen (secondary N) is 1. The predicted molar refractivity (Wildman–Crippen MR) is 110 cm³/mol. The zero-order valence-electron chi connectivity index (χ0n) is 15.6. The van der Waals surface area contributed by atoms with Crippen LogP contribution in [0.5, 0.6) is 5.75 Å². The largest absolute Gasteiger partial charge is 0.484 e. The Morgan fingerprint density at radius 2 is 1.83 bits per heavy atom. The van der Waals surface area contributed by atoms with Crippen molar-refractivity contribution in [3.8, 4) is 11.4 Å². The predicted octanol–water partition coefficient (Wildman–Crippen LogP) is 3.28. The van der Waals surface area contributed by atoms with Crippen molar-refractivity contribution in [2.45, 2.75) is 18.4 Å². The number of hydrogen-bond donors (Lipinski definition) is 1. The third-order valence-electron chi connectivity index (χ3n) is 4.51. The summed E-state index contributed by atoms with van der Waals surface area (Å²) >= 11 is 5.84. The maximum absolute atomic E-state index is 12.5. The van der Waals surface area contributed by atoms with E-state index in [1.54, 1.807) is 28.9 Å². The van der Waals surface area contributed by atoms with Crippen molar-refractivity contribution in [2.24, 2.45) is 0 Å². The van der Waals surface area contributed by atoms with Crippen molar-refractivity contribution in [3.63, 3.8) is 0 Å². The molecule has 7 nitrogen and oxygen atoms in total. The van der Waals surface area contributed by atoms with E-state index in [2.05, 4.69) is 10.4 Å². The van der Waals surface area contributed by atoms with Crippen LogP contribution >= 0.6 is 11.6 Å². The molecule has 0 bridgehead atoms. The smallest absolute Gasteiger partial charge is 0.263 e. The number of benzene rings is 2. The molecular formula is C20H18ClN3O4S. The number of ether oxygens (including phenoxy) is 1. The lowest BCUT2D eigenvalue weighted by molar-refractivity contribution is -0.118. The summed E-state index contributed by atoms with van der Waals surface area (Å²) in [4.78, 5) is 12.5. The number of anilines is 1. The lowest BCUT2D eigenvalue weighted by Crippen LogP contribution is -2.22. The molecule has 2 heterocycles. The molecule has 0 fully saturated rings. The number of sulfone groups is 1. The normalized spacial score (nSPS) is 14.4. The van der Waals surface area contributed by atoms with Gasteiger partial charge in [-0.1, -0.05) is 29.3 Å². The summed E-state index contributed by atoms with van der Waals surface area (Å²) in [7, 11) is -3.26. The Balaban J connectivity index is 1.59. The molecule has 9 heteroatoms. The quantitative estimate of drug-likeness (QED) is 0.669. The van der Waals surface area contributed by atoms with Crippen molar-refractivity contribution in [1.29, 1.82) is 0 Å². The van der Waals surface area contributed by atoms with Gasteiger partial charge in [-0.25, -0.2) is 13.1 Å². The van der Waals surface area contributed by atoms with Gasteiger partial charge >= 0.3 is 0 Å². The highest BCUT2D eigenvalue weighted by molar-refractivity contribution is 7.90. The average molecular weight is 432 g/mol. The summed E-state index contributed by atoms with van der Waals surface area (Å²) < 4.78 is 31.1. The zero-order chi connectivity index (χ0) is 20.6. The van der Waals surface area contributed by atoms with Crippen molar-refractivity contribution >= 4 is 33.2 Å². The third-order valence-corrected chi connectivity index (χ3v) is 6.20. The summed E-state index contributed by atoms with van der Waals surface area (Å²) in [5.41, 5.74) is 2.79. The summed E-state index contributed by atoms with van der Waals surface area (Å²) in [6.45, 7) is 1.73. The van der Waals surface area contributed by atoms with Crippen LogP contribution in [0.1, 0.15) is 16.8 Å². The average Bonchev–Trinajstić information content (AvgIpc) is 3.14. The molecule has 29 heavy (non-hydrogen) atoms. The molecular weight excluding hydrogens is 414 g/mol. The molecule has 3 aromatic rings. The molecule has 2 aromatic carbocycles. The number of hydrogen-bond acceptors (Lipinski definition) is 5. The lowest BCUT2D eigenvalue weighted by atomic mass is 10.2. The van der Waals surface area contributed by atoms with Gasteiger partial charge in [0.05, 0.1) is 22.9 Å². The first kappa shape index (κ1) is 19.5. The second-order valence-electron chi connectivity index (χ2n) is 6.84. The molecule has 0 radical (unpaired) electrons. The summed E-state index contributed by atoms with van der Waals surface area (Å²) in [6, 6.07) is 14.2. The van der Waals surface area contributed by atoms with Crippen LogP contribution in [0.2, 0.25) is 5.02 Å². The lowest BCUT2D eigenvalue weighted by Gasteiger charge is -2.12. The highest BCUT2D eigenvalue weighted by Crippen LogP contribution is 2.33. The molecule has 0 aliphatic carbocycles. The van der Waals surface area contributed by atoms with E-state index in [4.69, 9.17) is 16.3 Å². The van der Waals surface area contributed by atoms with E-state index < -0.39 is 15.7 Å². The van der Waals surface area contributed by atoms with E-state index in [0.717, 1.165) is 11.3 Å². The van der Waals surface area contributed by atoms with E-state index in [-0.39, 0.29) is 18.1 Å². The molecule has 1 aliphatic rings. The van der Waals surface area contributed by atoms with Gasteiger partial charge < -0.3 is 10.1 Å². The van der Waals surface area contributed by atoms with Crippen molar-refractivity contribution < 1.29 is 17.9 Å². The van der Waals surface area contributed by atoms with E-state index >= 15 is 0 Å². The van der Waals surface area contributed by atoms with Crippen molar-refractivity contribution in [3.05, 3.63) is 70.4 Å². The van der Waals surface area contributed by atoms with Gasteiger partial charge in [-0.3, -0.25) is 4.79 Å². The van der Waals surface area contributed by atoms with Gasteiger partial charge in [0.2, 0.25) is 0 Å². The number of rotatable bonds is 5. The monoisotopic (exact) mass is 431 g/mol. The summed E-state index contributed by atoms with van der Waals surface area (Å²) in [6.07, 6.45) is 0. The molecule has 0 unspecified atom stereocenters. The minimum Gasteiger partial charge on any atom is -0.484 e. The topological polar surface area (TPSA) is 90.3 Å². The van der Waals surface area contributed by atoms with Crippen molar-refractivity contribution in [1.82, 2.24) is 9.78 Å². The Labute approximate surface area is 173 Å². The van der Waals surface area contributed by atoms with E-state index in [0.29, 0.717) is 27.8 Å². The van der Waals surface area contributed by atoms with Gasteiger partial charge in [-0.2, -0.15) is 5.10 Å². The zero-order valence-corrected chi connectivity index (χ0v) is 17.1. The highest BCUT2D eigenvalue weighted by Gasteiger charge is 2.33. The van der Waals surface area contributed by atoms with Gasteiger partial charge in [0.1, 0.15) is 11.6 Å². The molecule has 0 atom stereocenters.